The second kappa shape index (κ2) is 7.92. The fourth-order valence-electron chi connectivity index (χ4n) is 2.44. The molecule has 1 aliphatic heterocycles. The first-order valence-corrected chi connectivity index (χ1v) is 8.01. The number of morpholine rings is 1. The number of aromatic nitrogens is 2. The molecule has 0 amide bonds. The number of nitrogens with zero attached hydrogens (tertiary/aromatic N) is 3. The van der Waals surface area contributed by atoms with Crippen LogP contribution in [0.15, 0.2) is 36.7 Å². The Hall–Kier alpha value is -2.41. The number of benzene rings is 1. The number of hydrogen-bond donors (Lipinski definition) is 1. The lowest BCUT2D eigenvalue weighted by molar-refractivity contribution is 0.122. The van der Waals surface area contributed by atoms with Crippen molar-refractivity contribution in [3.05, 3.63) is 42.5 Å². The minimum atomic E-state index is -0.273. The van der Waals surface area contributed by atoms with Gasteiger partial charge in [0.15, 0.2) is 0 Å². The molecule has 2 aromatic rings. The Morgan fingerprint density at radius 1 is 1.25 bits per heavy atom. The van der Waals surface area contributed by atoms with Crippen LogP contribution >= 0.6 is 0 Å². The van der Waals surface area contributed by atoms with E-state index in [0.29, 0.717) is 12.3 Å². The van der Waals surface area contributed by atoms with Crippen molar-refractivity contribution >= 4 is 11.6 Å². The molecule has 1 aromatic heterocycles. The molecule has 1 saturated heterocycles. The van der Waals surface area contributed by atoms with Crippen LogP contribution in [-0.2, 0) is 4.74 Å². The van der Waals surface area contributed by atoms with Crippen LogP contribution in [0, 0.1) is 5.82 Å². The molecular formula is C17H21FN4O2. The number of ether oxygens (including phenoxy) is 2. The molecule has 7 heteroatoms. The third-order valence-electron chi connectivity index (χ3n) is 3.71. The van der Waals surface area contributed by atoms with Crippen molar-refractivity contribution in [1.29, 1.82) is 0 Å². The van der Waals surface area contributed by atoms with E-state index in [1.807, 2.05) is 13.0 Å². The highest BCUT2D eigenvalue weighted by molar-refractivity contribution is 5.48. The molecule has 128 valence electrons. The summed E-state index contributed by atoms with van der Waals surface area (Å²) in [4.78, 5) is 10.7. The van der Waals surface area contributed by atoms with Crippen LogP contribution in [-0.4, -0.2) is 48.9 Å². The third kappa shape index (κ3) is 4.55. The van der Waals surface area contributed by atoms with Gasteiger partial charge in [0.05, 0.1) is 19.8 Å². The SMILES string of the molecule is CC(CNc1cc(N2CCOCC2)ncn1)Oc1ccc(F)cc1. The smallest absolute Gasteiger partial charge is 0.134 e. The van der Waals surface area contributed by atoms with Crippen LogP contribution in [0.2, 0.25) is 0 Å². The van der Waals surface area contributed by atoms with Crippen LogP contribution in [0.1, 0.15) is 6.92 Å². The maximum atomic E-state index is 12.9. The van der Waals surface area contributed by atoms with Crippen molar-refractivity contribution in [2.24, 2.45) is 0 Å². The average Bonchev–Trinajstić information content (AvgIpc) is 2.63. The van der Waals surface area contributed by atoms with E-state index in [4.69, 9.17) is 9.47 Å². The molecule has 6 nitrogen and oxygen atoms in total. The Morgan fingerprint density at radius 3 is 2.75 bits per heavy atom. The summed E-state index contributed by atoms with van der Waals surface area (Å²) in [7, 11) is 0. The normalized spacial score (nSPS) is 15.8. The Kier molecular flexibility index (Phi) is 5.43. The Balaban J connectivity index is 1.53. The molecule has 0 saturated carbocycles. The first-order valence-electron chi connectivity index (χ1n) is 8.01. The number of anilines is 2. The van der Waals surface area contributed by atoms with Crippen LogP contribution in [0.25, 0.3) is 0 Å². The number of hydrogen-bond acceptors (Lipinski definition) is 6. The zero-order chi connectivity index (χ0) is 16.8. The fraction of sp³-hybridized carbons (Fsp3) is 0.412. The second-order valence-corrected chi connectivity index (χ2v) is 5.62. The summed E-state index contributed by atoms with van der Waals surface area (Å²) in [5, 5.41) is 3.25. The molecule has 24 heavy (non-hydrogen) atoms. The zero-order valence-electron chi connectivity index (χ0n) is 13.6. The van der Waals surface area contributed by atoms with Crippen LogP contribution < -0.4 is 15.0 Å². The highest BCUT2D eigenvalue weighted by Crippen LogP contribution is 2.16. The van der Waals surface area contributed by atoms with Crippen molar-refractivity contribution in [1.82, 2.24) is 9.97 Å². The van der Waals surface area contributed by atoms with E-state index in [1.54, 1.807) is 18.5 Å². The van der Waals surface area contributed by atoms with Gasteiger partial charge in [-0.05, 0) is 31.2 Å². The minimum Gasteiger partial charge on any atom is -0.489 e. The van der Waals surface area contributed by atoms with Crippen LogP contribution in [0.3, 0.4) is 0 Å². The highest BCUT2D eigenvalue weighted by atomic mass is 19.1. The van der Waals surface area contributed by atoms with Crippen molar-refractivity contribution in [3.63, 3.8) is 0 Å². The van der Waals surface area contributed by atoms with E-state index in [2.05, 4.69) is 20.2 Å². The van der Waals surface area contributed by atoms with Gasteiger partial charge in [-0.1, -0.05) is 0 Å². The Labute approximate surface area is 140 Å². The predicted octanol–water partition coefficient (Wildman–Crippen LogP) is 2.33. The molecule has 2 heterocycles. The molecule has 0 bridgehead atoms. The fourth-order valence-corrected chi connectivity index (χ4v) is 2.44. The summed E-state index contributed by atoms with van der Waals surface area (Å²) < 4.78 is 24.0. The number of rotatable bonds is 6. The molecular weight excluding hydrogens is 311 g/mol. The zero-order valence-corrected chi connectivity index (χ0v) is 13.6. The summed E-state index contributed by atoms with van der Waals surface area (Å²) in [6.45, 7) is 5.63. The van der Waals surface area contributed by atoms with Crippen molar-refractivity contribution in [2.45, 2.75) is 13.0 Å². The third-order valence-corrected chi connectivity index (χ3v) is 3.71. The van der Waals surface area contributed by atoms with E-state index >= 15 is 0 Å². The van der Waals surface area contributed by atoms with E-state index in [-0.39, 0.29) is 11.9 Å². The number of nitrogens with one attached hydrogen (secondary N) is 1. The Bertz CT molecular complexity index is 647. The van der Waals surface area contributed by atoms with Gasteiger partial charge in [-0.25, -0.2) is 14.4 Å². The molecule has 0 aliphatic carbocycles. The average molecular weight is 332 g/mol. The monoisotopic (exact) mass is 332 g/mol. The highest BCUT2D eigenvalue weighted by Gasteiger charge is 2.13. The van der Waals surface area contributed by atoms with E-state index < -0.39 is 0 Å². The lowest BCUT2D eigenvalue weighted by Crippen LogP contribution is -2.36. The van der Waals surface area contributed by atoms with Gasteiger partial charge >= 0.3 is 0 Å². The second-order valence-electron chi connectivity index (χ2n) is 5.62. The first-order chi connectivity index (χ1) is 11.7. The first kappa shape index (κ1) is 16.4. The summed E-state index contributed by atoms with van der Waals surface area (Å²) in [5.41, 5.74) is 0. The molecule has 1 fully saturated rings. The van der Waals surface area contributed by atoms with Gasteiger partial charge in [0.1, 0.15) is 35.6 Å². The molecule has 0 radical (unpaired) electrons. The molecule has 1 aromatic carbocycles. The molecule has 3 rings (SSSR count). The van der Waals surface area contributed by atoms with E-state index in [9.17, 15) is 4.39 Å². The summed E-state index contributed by atoms with van der Waals surface area (Å²) in [5.74, 6) is 2.01. The topological polar surface area (TPSA) is 59.5 Å². The maximum Gasteiger partial charge on any atom is 0.134 e. The van der Waals surface area contributed by atoms with Gasteiger partial charge in [0.25, 0.3) is 0 Å². The van der Waals surface area contributed by atoms with Gasteiger partial charge in [-0.15, -0.1) is 0 Å². The predicted molar refractivity (Wildman–Crippen MR) is 90.0 cm³/mol. The quantitative estimate of drug-likeness (QED) is 0.876. The van der Waals surface area contributed by atoms with Crippen LogP contribution in [0.4, 0.5) is 16.0 Å². The largest absolute Gasteiger partial charge is 0.489 e. The van der Waals surface area contributed by atoms with Crippen molar-refractivity contribution in [2.75, 3.05) is 43.1 Å². The van der Waals surface area contributed by atoms with Gasteiger partial charge in [0.2, 0.25) is 0 Å². The molecule has 0 spiro atoms. The minimum absolute atomic E-state index is 0.0859. The summed E-state index contributed by atoms with van der Waals surface area (Å²) in [6.07, 6.45) is 1.47. The lowest BCUT2D eigenvalue weighted by atomic mass is 10.3. The molecule has 1 atom stereocenters. The van der Waals surface area contributed by atoms with Gasteiger partial charge in [-0.3, -0.25) is 0 Å². The maximum absolute atomic E-state index is 12.9. The van der Waals surface area contributed by atoms with Gasteiger partial charge in [0, 0.05) is 19.2 Å². The van der Waals surface area contributed by atoms with Gasteiger partial charge < -0.3 is 19.7 Å². The number of halogens is 1. The Morgan fingerprint density at radius 2 is 2.00 bits per heavy atom. The standard InChI is InChI=1S/C17H21FN4O2/c1-13(24-15-4-2-14(18)3-5-15)11-19-16-10-17(21-12-20-16)22-6-8-23-9-7-22/h2-5,10,12-13H,6-9,11H2,1H3,(H,19,20,21). The molecule has 1 unspecified atom stereocenters. The van der Waals surface area contributed by atoms with Crippen molar-refractivity contribution in [3.8, 4) is 5.75 Å². The van der Waals surface area contributed by atoms with E-state index in [0.717, 1.165) is 37.9 Å². The molecule has 1 N–H and O–H groups in total. The lowest BCUT2D eigenvalue weighted by Gasteiger charge is -2.27. The van der Waals surface area contributed by atoms with Crippen LogP contribution in [0.5, 0.6) is 5.75 Å². The van der Waals surface area contributed by atoms with Crippen molar-refractivity contribution < 1.29 is 13.9 Å². The molecule has 1 aliphatic rings. The van der Waals surface area contributed by atoms with Gasteiger partial charge in [-0.2, -0.15) is 0 Å². The summed E-state index contributed by atoms with van der Waals surface area (Å²) >= 11 is 0. The van der Waals surface area contributed by atoms with E-state index in [1.165, 1.54) is 12.1 Å². The summed E-state index contributed by atoms with van der Waals surface area (Å²) in [6, 6.07) is 7.93.